The summed E-state index contributed by atoms with van der Waals surface area (Å²) in [6, 6.07) is 7.48. The standard InChI is InChI=1S/C7H8N3OP/c1-12(11)10-7-5-3-2-4-6(7)8-9-10/h2-5,12H,1H3. The Morgan fingerprint density at radius 3 is 2.92 bits per heavy atom. The summed E-state index contributed by atoms with van der Waals surface area (Å²) >= 11 is 0. The minimum Gasteiger partial charge on any atom is -0.302 e. The summed E-state index contributed by atoms with van der Waals surface area (Å²) in [5.74, 6) is 0. The van der Waals surface area contributed by atoms with Crippen LogP contribution in [0.3, 0.4) is 0 Å². The van der Waals surface area contributed by atoms with E-state index >= 15 is 0 Å². The van der Waals surface area contributed by atoms with Crippen molar-refractivity contribution in [1.82, 2.24) is 14.8 Å². The molecular weight excluding hydrogens is 173 g/mol. The monoisotopic (exact) mass is 181 g/mol. The van der Waals surface area contributed by atoms with Gasteiger partial charge in [-0.05, 0) is 12.1 Å². The van der Waals surface area contributed by atoms with Crippen molar-refractivity contribution in [1.29, 1.82) is 0 Å². The van der Waals surface area contributed by atoms with Crippen molar-refractivity contribution in [3.63, 3.8) is 0 Å². The molecule has 1 unspecified atom stereocenters. The number of rotatable bonds is 1. The summed E-state index contributed by atoms with van der Waals surface area (Å²) in [5, 5.41) is 7.67. The number of nitrogens with zero attached hydrogens (tertiary/aromatic N) is 3. The van der Waals surface area contributed by atoms with Crippen LogP contribution in [0.1, 0.15) is 0 Å². The fourth-order valence-electron chi connectivity index (χ4n) is 1.10. The van der Waals surface area contributed by atoms with Crippen LogP contribution >= 0.6 is 7.95 Å². The van der Waals surface area contributed by atoms with Gasteiger partial charge in [-0.25, -0.2) is 0 Å². The quantitative estimate of drug-likeness (QED) is 0.624. The molecule has 0 aliphatic heterocycles. The first kappa shape index (κ1) is 7.50. The zero-order chi connectivity index (χ0) is 8.55. The summed E-state index contributed by atoms with van der Waals surface area (Å²) in [5.41, 5.74) is 1.63. The van der Waals surface area contributed by atoms with Crippen LogP contribution in [0.2, 0.25) is 0 Å². The molecule has 2 rings (SSSR count). The molecule has 0 aliphatic rings. The fraction of sp³-hybridized carbons (Fsp3) is 0.143. The second kappa shape index (κ2) is 2.72. The summed E-state index contributed by atoms with van der Waals surface area (Å²) in [6.45, 7) is 1.64. The predicted molar refractivity (Wildman–Crippen MR) is 47.9 cm³/mol. The van der Waals surface area contributed by atoms with Crippen molar-refractivity contribution in [2.75, 3.05) is 6.66 Å². The Labute approximate surface area is 70.0 Å². The van der Waals surface area contributed by atoms with E-state index in [4.69, 9.17) is 0 Å². The highest BCUT2D eigenvalue weighted by Crippen LogP contribution is 2.22. The second-order valence-corrected chi connectivity index (χ2v) is 3.97. The Kier molecular flexibility index (Phi) is 1.70. The zero-order valence-electron chi connectivity index (χ0n) is 6.56. The van der Waals surface area contributed by atoms with E-state index in [0.29, 0.717) is 0 Å². The van der Waals surface area contributed by atoms with Crippen LogP contribution in [0.4, 0.5) is 0 Å². The smallest absolute Gasteiger partial charge is 0.179 e. The number of aromatic nitrogens is 3. The van der Waals surface area contributed by atoms with Gasteiger partial charge in [0, 0.05) is 6.66 Å². The molecule has 1 atom stereocenters. The molecule has 1 aromatic carbocycles. The van der Waals surface area contributed by atoms with Gasteiger partial charge in [0.1, 0.15) is 5.52 Å². The van der Waals surface area contributed by atoms with E-state index < -0.39 is 7.95 Å². The maximum atomic E-state index is 11.2. The van der Waals surface area contributed by atoms with Gasteiger partial charge in [-0.15, -0.1) is 5.10 Å². The van der Waals surface area contributed by atoms with E-state index in [2.05, 4.69) is 10.3 Å². The van der Waals surface area contributed by atoms with Crippen molar-refractivity contribution < 1.29 is 4.57 Å². The van der Waals surface area contributed by atoms with Gasteiger partial charge >= 0.3 is 0 Å². The lowest BCUT2D eigenvalue weighted by atomic mass is 10.3. The lowest BCUT2D eigenvalue weighted by Gasteiger charge is -1.93. The molecule has 0 saturated heterocycles. The third-order valence-corrected chi connectivity index (χ3v) is 2.58. The molecule has 62 valence electrons. The van der Waals surface area contributed by atoms with Gasteiger partial charge in [0.25, 0.3) is 0 Å². The van der Waals surface area contributed by atoms with Gasteiger partial charge in [0.2, 0.25) is 0 Å². The Hall–Kier alpha value is -1.15. The third-order valence-electron chi connectivity index (χ3n) is 1.65. The van der Waals surface area contributed by atoms with Gasteiger partial charge in [-0.1, -0.05) is 17.3 Å². The molecule has 12 heavy (non-hydrogen) atoms. The maximum Gasteiger partial charge on any atom is 0.179 e. The summed E-state index contributed by atoms with van der Waals surface area (Å²) in [4.78, 5) is 0. The van der Waals surface area contributed by atoms with Crippen molar-refractivity contribution in [3.8, 4) is 0 Å². The number of benzene rings is 1. The summed E-state index contributed by atoms with van der Waals surface area (Å²) in [6.07, 6.45) is 0. The molecule has 5 heteroatoms. The molecule has 1 aromatic heterocycles. The SMILES string of the molecule is C[PH](=O)n1nnc2ccccc21. The Bertz CT molecular complexity index is 437. The summed E-state index contributed by atoms with van der Waals surface area (Å²) in [7, 11) is -1.80. The van der Waals surface area contributed by atoms with E-state index in [0.717, 1.165) is 11.0 Å². The zero-order valence-corrected chi connectivity index (χ0v) is 7.56. The van der Waals surface area contributed by atoms with Crippen LogP contribution in [-0.2, 0) is 4.57 Å². The van der Waals surface area contributed by atoms with E-state index in [9.17, 15) is 4.57 Å². The van der Waals surface area contributed by atoms with Gasteiger partial charge in [0.05, 0.1) is 5.52 Å². The van der Waals surface area contributed by atoms with E-state index in [1.807, 2.05) is 24.3 Å². The van der Waals surface area contributed by atoms with Crippen LogP contribution < -0.4 is 0 Å². The number of fused-ring (bicyclic) bond motifs is 1. The molecule has 0 saturated carbocycles. The van der Waals surface area contributed by atoms with Crippen molar-refractivity contribution in [2.45, 2.75) is 0 Å². The van der Waals surface area contributed by atoms with Crippen LogP contribution in [0.5, 0.6) is 0 Å². The first-order valence-electron chi connectivity index (χ1n) is 3.60. The molecule has 0 amide bonds. The Balaban J connectivity index is 2.79. The topological polar surface area (TPSA) is 47.8 Å². The first-order chi connectivity index (χ1) is 5.79. The number of para-hydroxylation sites is 1. The lowest BCUT2D eigenvalue weighted by molar-refractivity contribution is 0.581. The van der Waals surface area contributed by atoms with E-state index in [-0.39, 0.29) is 0 Å². The van der Waals surface area contributed by atoms with Gasteiger partial charge in [0.15, 0.2) is 7.95 Å². The molecule has 4 nitrogen and oxygen atoms in total. The average Bonchev–Trinajstić information content (AvgIpc) is 2.47. The van der Waals surface area contributed by atoms with Gasteiger partial charge < -0.3 is 4.57 Å². The lowest BCUT2D eigenvalue weighted by Crippen LogP contribution is -1.86. The van der Waals surface area contributed by atoms with Gasteiger partial charge in [-0.3, -0.25) is 0 Å². The highest BCUT2D eigenvalue weighted by molar-refractivity contribution is 7.42. The highest BCUT2D eigenvalue weighted by Gasteiger charge is 2.03. The third kappa shape index (κ3) is 1.04. The average molecular weight is 181 g/mol. The van der Waals surface area contributed by atoms with Gasteiger partial charge in [-0.2, -0.15) is 4.45 Å². The molecule has 2 aromatic rings. The Morgan fingerprint density at radius 2 is 2.17 bits per heavy atom. The van der Waals surface area contributed by atoms with Crippen LogP contribution in [0.25, 0.3) is 11.0 Å². The number of hydrogen-bond donors (Lipinski definition) is 0. The van der Waals surface area contributed by atoms with Crippen molar-refractivity contribution in [3.05, 3.63) is 24.3 Å². The molecule has 0 bridgehead atoms. The van der Waals surface area contributed by atoms with Crippen molar-refractivity contribution >= 4 is 19.0 Å². The molecular formula is C7H8N3OP. The molecule has 0 radical (unpaired) electrons. The normalized spacial score (nSPS) is 13.4. The van der Waals surface area contributed by atoms with E-state index in [1.165, 1.54) is 4.45 Å². The number of hydrogen-bond acceptors (Lipinski definition) is 3. The fourth-order valence-corrected chi connectivity index (χ4v) is 1.80. The predicted octanol–water partition coefficient (Wildman–Crippen LogP) is 1.38. The van der Waals surface area contributed by atoms with Crippen LogP contribution in [0, 0.1) is 0 Å². The summed E-state index contributed by atoms with van der Waals surface area (Å²) < 4.78 is 12.6. The molecule has 0 N–H and O–H groups in total. The minimum atomic E-state index is -1.80. The van der Waals surface area contributed by atoms with Crippen molar-refractivity contribution in [2.24, 2.45) is 0 Å². The maximum absolute atomic E-state index is 11.2. The highest BCUT2D eigenvalue weighted by atomic mass is 31.1. The minimum absolute atomic E-state index is 0.790. The second-order valence-electron chi connectivity index (χ2n) is 2.51. The molecule has 0 aliphatic carbocycles. The molecule has 0 fully saturated rings. The first-order valence-corrected chi connectivity index (χ1v) is 5.46. The Morgan fingerprint density at radius 1 is 1.42 bits per heavy atom. The van der Waals surface area contributed by atoms with Crippen LogP contribution in [-0.4, -0.2) is 21.4 Å². The molecule has 0 spiro atoms. The van der Waals surface area contributed by atoms with Crippen LogP contribution in [0.15, 0.2) is 24.3 Å². The largest absolute Gasteiger partial charge is 0.302 e. The molecule has 1 heterocycles. The van der Waals surface area contributed by atoms with E-state index in [1.54, 1.807) is 6.66 Å².